The highest BCUT2D eigenvalue weighted by Gasteiger charge is 2.61. The summed E-state index contributed by atoms with van der Waals surface area (Å²) in [6.07, 6.45) is 4.94. The maximum Gasteiger partial charge on any atom is 0.330 e. The Morgan fingerprint density at radius 3 is 2.34 bits per heavy atom. The molecule has 180 valence electrons. The van der Waals surface area contributed by atoms with E-state index in [9.17, 15) is 19.2 Å². The zero-order valence-corrected chi connectivity index (χ0v) is 19.9. The van der Waals surface area contributed by atoms with Crippen molar-refractivity contribution in [3.8, 4) is 0 Å². The van der Waals surface area contributed by atoms with Crippen LogP contribution in [0.3, 0.4) is 0 Å². The summed E-state index contributed by atoms with van der Waals surface area (Å²) < 4.78 is 5.34. The largest absolute Gasteiger partial charge is 0.454 e. The molecular weight excluding hydrogens is 468 g/mol. The normalized spacial score (nSPS) is 25.0. The number of esters is 1. The van der Waals surface area contributed by atoms with Crippen molar-refractivity contribution in [3.05, 3.63) is 76.8 Å². The Morgan fingerprint density at radius 2 is 1.69 bits per heavy atom. The van der Waals surface area contributed by atoms with E-state index >= 15 is 0 Å². The quantitative estimate of drug-likeness (QED) is 0.362. The molecule has 2 bridgehead atoms. The fourth-order valence-corrected chi connectivity index (χ4v) is 5.69. The number of likely N-dealkylation sites (tertiary alicyclic amines) is 1. The van der Waals surface area contributed by atoms with Crippen LogP contribution in [0.4, 0.5) is 5.69 Å². The Hall–Kier alpha value is -3.45. The van der Waals surface area contributed by atoms with Gasteiger partial charge in [-0.15, -0.1) is 0 Å². The predicted molar refractivity (Wildman–Crippen MR) is 129 cm³/mol. The summed E-state index contributed by atoms with van der Waals surface area (Å²) >= 11 is 6.10. The summed E-state index contributed by atoms with van der Waals surface area (Å²) in [7, 11) is 0. The lowest BCUT2D eigenvalue weighted by molar-refractivity contribution is -0.160. The zero-order chi connectivity index (χ0) is 24.7. The molecule has 1 saturated heterocycles. The summed E-state index contributed by atoms with van der Waals surface area (Å²) in [5, 5.41) is 3.18. The van der Waals surface area contributed by atoms with Crippen molar-refractivity contribution >= 4 is 41.0 Å². The molecule has 3 amide bonds. The number of benzene rings is 2. The first-order valence-corrected chi connectivity index (χ1v) is 12.0. The van der Waals surface area contributed by atoms with Gasteiger partial charge >= 0.3 is 5.97 Å². The molecule has 3 aliphatic rings. The van der Waals surface area contributed by atoms with Gasteiger partial charge in [0.25, 0.3) is 5.91 Å². The fourth-order valence-electron chi connectivity index (χ4n) is 5.51. The molecule has 2 aromatic rings. The van der Waals surface area contributed by atoms with Gasteiger partial charge in [0.05, 0.1) is 11.8 Å². The summed E-state index contributed by atoms with van der Waals surface area (Å²) in [6, 6.07) is 13.1. The third kappa shape index (κ3) is 4.25. The van der Waals surface area contributed by atoms with Crippen LogP contribution in [0, 0.1) is 30.6 Å². The van der Waals surface area contributed by atoms with E-state index in [-0.39, 0.29) is 30.1 Å². The van der Waals surface area contributed by atoms with Crippen LogP contribution in [-0.4, -0.2) is 41.2 Å². The molecule has 2 fully saturated rings. The molecule has 0 aromatic heterocycles. The van der Waals surface area contributed by atoms with E-state index in [1.807, 2.05) is 42.5 Å². The first-order chi connectivity index (χ1) is 16.8. The summed E-state index contributed by atoms with van der Waals surface area (Å²) in [5.74, 6) is -2.75. The number of carbonyl (C=O) groups excluding carboxylic acids is 4. The van der Waals surface area contributed by atoms with Crippen LogP contribution in [0.15, 0.2) is 60.7 Å². The smallest absolute Gasteiger partial charge is 0.330 e. The molecule has 0 radical (unpaired) electrons. The average molecular weight is 493 g/mol. The minimum atomic E-state index is -1.14. The van der Waals surface area contributed by atoms with Crippen molar-refractivity contribution < 1.29 is 23.9 Å². The molecule has 2 aromatic carbocycles. The Kier molecular flexibility index (Phi) is 6.19. The number of ether oxygens (including phenoxy) is 1. The minimum absolute atomic E-state index is 0.0339. The molecule has 1 aliphatic heterocycles. The number of nitrogens with one attached hydrogen (secondary N) is 1. The van der Waals surface area contributed by atoms with Gasteiger partial charge in [-0.2, -0.15) is 0 Å². The molecule has 1 saturated carbocycles. The number of anilines is 1. The Balaban J connectivity index is 1.32. The van der Waals surface area contributed by atoms with E-state index in [0.29, 0.717) is 16.3 Å². The van der Waals surface area contributed by atoms with Gasteiger partial charge in [-0.05, 0) is 48.4 Å². The standard InChI is InChI=1S/C27H25ClN2O5/c1-15-19(28)8-5-9-20(15)29-22(31)14-35-27(34)21(12-16-6-3-2-4-7-16)30-25(32)23-17-10-11-18(13-17)24(23)26(30)33/h2-11,17-18,21,23-24H,12-14H2,1H3,(H,29,31)/t17-,18-,21-,23-,24+/m0/s1. The van der Waals surface area contributed by atoms with Crippen molar-refractivity contribution in [2.75, 3.05) is 11.9 Å². The van der Waals surface area contributed by atoms with Gasteiger partial charge in [0.15, 0.2) is 6.61 Å². The van der Waals surface area contributed by atoms with Crippen LogP contribution in [0.1, 0.15) is 17.5 Å². The highest BCUT2D eigenvalue weighted by atomic mass is 35.5. The lowest BCUT2D eigenvalue weighted by Gasteiger charge is -2.26. The Bertz CT molecular complexity index is 1200. The molecule has 35 heavy (non-hydrogen) atoms. The van der Waals surface area contributed by atoms with Gasteiger partial charge in [-0.25, -0.2) is 4.79 Å². The van der Waals surface area contributed by atoms with Gasteiger partial charge in [-0.3, -0.25) is 19.3 Å². The van der Waals surface area contributed by atoms with Crippen LogP contribution < -0.4 is 5.32 Å². The third-order valence-electron chi connectivity index (χ3n) is 7.25. The van der Waals surface area contributed by atoms with Crippen molar-refractivity contribution in [2.24, 2.45) is 23.7 Å². The monoisotopic (exact) mass is 492 g/mol. The second kappa shape index (κ2) is 9.30. The van der Waals surface area contributed by atoms with Gasteiger partial charge in [0.1, 0.15) is 6.04 Å². The predicted octanol–water partition coefficient (Wildman–Crippen LogP) is 3.55. The van der Waals surface area contributed by atoms with E-state index in [1.54, 1.807) is 25.1 Å². The second-order valence-electron chi connectivity index (χ2n) is 9.32. The molecule has 0 spiro atoms. The van der Waals surface area contributed by atoms with Gasteiger partial charge < -0.3 is 10.1 Å². The molecule has 1 heterocycles. The first-order valence-electron chi connectivity index (χ1n) is 11.7. The maximum absolute atomic E-state index is 13.3. The number of hydrogen-bond acceptors (Lipinski definition) is 5. The van der Waals surface area contributed by atoms with Crippen molar-refractivity contribution in [2.45, 2.75) is 25.8 Å². The average Bonchev–Trinajstić information content (AvgIpc) is 3.53. The minimum Gasteiger partial charge on any atom is -0.454 e. The van der Waals surface area contributed by atoms with E-state index < -0.39 is 36.4 Å². The Morgan fingerprint density at radius 1 is 1.03 bits per heavy atom. The van der Waals surface area contributed by atoms with E-state index in [4.69, 9.17) is 16.3 Å². The first kappa shape index (κ1) is 23.3. The number of nitrogens with zero attached hydrogens (tertiary/aromatic N) is 1. The topological polar surface area (TPSA) is 92.8 Å². The fraction of sp³-hybridized carbons (Fsp3) is 0.333. The second-order valence-corrected chi connectivity index (χ2v) is 9.73. The molecule has 5 rings (SSSR count). The number of rotatable bonds is 7. The summed E-state index contributed by atoms with van der Waals surface area (Å²) in [5.41, 5.74) is 1.99. The number of amides is 3. The Labute approximate surface area is 208 Å². The van der Waals surface area contributed by atoms with Crippen LogP contribution in [-0.2, 0) is 30.3 Å². The number of halogens is 1. The highest BCUT2D eigenvalue weighted by molar-refractivity contribution is 6.31. The molecular formula is C27H25ClN2O5. The zero-order valence-electron chi connectivity index (χ0n) is 19.1. The number of allylic oxidation sites excluding steroid dienone is 2. The highest BCUT2D eigenvalue weighted by Crippen LogP contribution is 2.53. The molecule has 0 unspecified atom stereocenters. The molecule has 5 atom stereocenters. The van der Waals surface area contributed by atoms with Crippen molar-refractivity contribution in [1.29, 1.82) is 0 Å². The van der Waals surface area contributed by atoms with Gasteiger partial charge in [0.2, 0.25) is 11.8 Å². The van der Waals surface area contributed by atoms with Gasteiger partial charge in [-0.1, -0.05) is 60.2 Å². The van der Waals surface area contributed by atoms with E-state index in [2.05, 4.69) is 5.32 Å². The van der Waals surface area contributed by atoms with Crippen molar-refractivity contribution in [3.63, 3.8) is 0 Å². The number of hydrogen-bond donors (Lipinski definition) is 1. The van der Waals surface area contributed by atoms with E-state index in [0.717, 1.165) is 16.9 Å². The van der Waals surface area contributed by atoms with Gasteiger partial charge in [0, 0.05) is 17.1 Å². The molecule has 8 heteroatoms. The van der Waals surface area contributed by atoms with Crippen LogP contribution >= 0.6 is 11.6 Å². The number of fused-ring (bicyclic) bond motifs is 5. The molecule has 7 nitrogen and oxygen atoms in total. The number of carbonyl (C=O) groups is 4. The summed E-state index contributed by atoms with van der Waals surface area (Å²) in [6.45, 7) is 1.22. The molecule has 1 N–H and O–H groups in total. The SMILES string of the molecule is Cc1c(Cl)cccc1NC(=O)COC(=O)[C@H](Cc1ccccc1)N1C(=O)[C@@H]2[C@H](C1=O)[C@H]1C=C[C@H]2C1. The van der Waals surface area contributed by atoms with Crippen LogP contribution in [0.25, 0.3) is 0 Å². The molecule has 2 aliphatic carbocycles. The lowest BCUT2D eigenvalue weighted by atomic mass is 9.85. The lowest BCUT2D eigenvalue weighted by Crippen LogP contribution is -2.48. The van der Waals surface area contributed by atoms with Crippen LogP contribution in [0.5, 0.6) is 0 Å². The van der Waals surface area contributed by atoms with Crippen LogP contribution in [0.2, 0.25) is 5.02 Å². The number of imide groups is 1. The summed E-state index contributed by atoms with van der Waals surface area (Å²) in [4.78, 5) is 53.5. The maximum atomic E-state index is 13.3. The third-order valence-corrected chi connectivity index (χ3v) is 7.66. The van der Waals surface area contributed by atoms with E-state index in [1.165, 1.54) is 0 Å². The van der Waals surface area contributed by atoms with Crippen molar-refractivity contribution in [1.82, 2.24) is 4.90 Å².